The van der Waals surface area contributed by atoms with Crippen LogP contribution in [-0.2, 0) is 0 Å². The van der Waals surface area contributed by atoms with Crippen molar-refractivity contribution in [1.29, 1.82) is 0 Å². The zero-order chi connectivity index (χ0) is 17.3. The Morgan fingerprint density at radius 2 is 1.96 bits per heavy atom. The molecular formula is C15H28F3IN4S. The highest BCUT2D eigenvalue weighted by molar-refractivity contribution is 14.0. The van der Waals surface area contributed by atoms with Crippen LogP contribution in [0.2, 0.25) is 0 Å². The lowest BCUT2D eigenvalue weighted by molar-refractivity contribution is -0.181. The van der Waals surface area contributed by atoms with Gasteiger partial charge in [-0.1, -0.05) is 6.08 Å². The van der Waals surface area contributed by atoms with E-state index >= 15 is 0 Å². The van der Waals surface area contributed by atoms with Crippen molar-refractivity contribution in [3.05, 3.63) is 12.7 Å². The van der Waals surface area contributed by atoms with E-state index in [0.717, 1.165) is 24.0 Å². The molecule has 1 aliphatic rings. The van der Waals surface area contributed by atoms with Crippen LogP contribution < -0.4 is 5.32 Å². The van der Waals surface area contributed by atoms with Gasteiger partial charge in [-0.3, -0.25) is 9.89 Å². The van der Waals surface area contributed by atoms with Crippen molar-refractivity contribution in [3.8, 4) is 0 Å². The Balaban J connectivity index is 0.00000529. The fourth-order valence-corrected chi connectivity index (χ4v) is 2.89. The molecule has 0 radical (unpaired) electrons. The van der Waals surface area contributed by atoms with Crippen LogP contribution >= 0.6 is 35.7 Å². The number of alkyl halides is 3. The van der Waals surface area contributed by atoms with Gasteiger partial charge >= 0.3 is 6.18 Å². The molecule has 4 nitrogen and oxygen atoms in total. The first-order valence-electron chi connectivity index (χ1n) is 7.92. The van der Waals surface area contributed by atoms with E-state index in [1.807, 2.05) is 17.9 Å². The van der Waals surface area contributed by atoms with E-state index in [4.69, 9.17) is 0 Å². The average molecular weight is 480 g/mol. The molecule has 24 heavy (non-hydrogen) atoms. The normalized spacial score (nSPS) is 18.0. The molecule has 1 unspecified atom stereocenters. The minimum absolute atomic E-state index is 0. The van der Waals surface area contributed by atoms with Crippen molar-refractivity contribution in [2.75, 3.05) is 50.8 Å². The van der Waals surface area contributed by atoms with Crippen LogP contribution in [0.1, 0.15) is 13.8 Å². The number of halogens is 4. The number of hydrogen-bond donors (Lipinski definition) is 1. The van der Waals surface area contributed by atoms with Gasteiger partial charge in [0.25, 0.3) is 0 Å². The number of rotatable bonds is 7. The predicted molar refractivity (Wildman–Crippen MR) is 108 cm³/mol. The lowest BCUT2D eigenvalue weighted by Crippen LogP contribution is -2.56. The molecule has 1 fully saturated rings. The molecule has 1 N–H and O–H groups in total. The minimum Gasteiger partial charge on any atom is -0.357 e. The number of thioether (sulfide) groups is 1. The topological polar surface area (TPSA) is 30.9 Å². The molecule has 1 aliphatic heterocycles. The average Bonchev–Trinajstić information content (AvgIpc) is 2.52. The maximum atomic E-state index is 12.8. The van der Waals surface area contributed by atoms with Crippen molar-refractivity contribution in [1.82, 2.24) is 15.1 Å². The molecule has 0 bridgehead atoms. The monoisotopic (exact) mass is 480 g/mol. The molecule has 0 aromatic carbocycles. The number of hydrogen-bond acceptors (Lipinski definition) is 3. The number of guanidine groups is 1. The van der Waals surface area contributed by atoms with Gasteiger partial charge in [0.2, 0.25) is 0 Å². The highest BCUT2D eigenvalue weighted by Crippen LogP contribution is 2.25. The van der Waals surface area contributed by atoms with E-state index in [0.29, 0.717) is 32.7 Å². The Bertz CT molecular complexity index is 385. The number of nitrogens with zero attached hydrogens (tertiary/aromatic N) is 3. The summed E-state index contributed by atoms with van der Waals surface area (Å²) in [5.41, 5.74) is 0. The molecule has 0 aromatic rings. The molecule has 0 aromatic heterocycles. The highest BCUT2D eigenvalue weighted by Gasteiger charge is 2.41. The van der Waals surface area contributed by atoms with Gasteiger partial charge in [0.15, 0.2) is 5.96 Å². The molecular weight excluding hydrogens is 452 g/mol. The summed E-state index contributed by atoms with van der Waals surface area (Å²) < 4.78 is 38.3. The van der Waals surface area contributed by atoms with Crippen LogP contribution in [0.4, 0.5) is 13.2 Å². The summed E-state index contributed by atoms with van der Waals surface area (Å²) in [5, 5.41) is 3.22. The summed E-state index contributed by atoms with van der Waals surface area (Å²) in [7, 11) is 0. The quantitative estimate of drug-likeness (QED) is 0.200. The Kier molecular flexibility index (Phi) is 12.2. The molecule has 1 heterocycles. The van der Waals surface area contributed by atoms with Gasteiger partial charge in [-0.2, -0.15) is 24.9 Å². The van der Waals surface area contributed by atoms with Crippen LogP contribution in [-0.4, -0.2) is 78.8 Å². The largest absolute Gasteiger partial charge is 0.403 e. The van der Waals surface area contributed by atoms with Crippen LogP contribution in [0.3, 0.4) is 0 Å². The minimum atomic E-state index is -4.16. The summed E-state index contributed by atoms with van der Waals surface area (Å²) in [5.74, 6) is 2.61. The molecule has 1 atom stereocenters. The summed E-state index contributed by atoms with van der Waals surface area (Å²) in [6.07, 6.45) is -2.30. The summed E-state index contributed by atoms with van der Waals surface area (Å²) in [4.78, 5) is 8.09. The molecule has 0 aliphatic carbocycles. The first-order chi connectivity index (χ1) is 10.9. The second kappa shape index (κ2) is 12.2. The van der Waals surface area contributed by atoms with Gasteiger partial charge in [0, 0.05) is 44.2 Å². The predicted octanol–water partition coefficient (Wildman–Crippen LogP) is 3.06. The maximum absolute atomic E-state index is 12.8. The van der Waals surface area contributed by atoms with E-state index < -0.39 is 12.2 Å². The van der Waals surface area contributed by atoms with E-state index in [1.165, 1.54) is 11.8 Å². The van der Waals surface area contributed by atoms with Gasteiger partial charge in [-0.15, -0.1) is 30.6 Å². The molecule has 9 heteroatoms. The smallest absolute Gasteiger partial charge is 0.357 e. The standard InChI is InChI=1S/C15H27F3N4S.HI/c1-4-11-23-12-6-20-14(19-5-2)22-9-7-21(8-10-22)13(3)15(16,17)18;/h4,13H,1,5-12H2,2-3H3,(H,19,20);1H. The second-order valence-electron chi connectivity index (χ2n) is 5.34. The lowest BCUT2D eigenvalue weighted by atomic mass is 10.2. The fourth-order valence-electron chi connectivity index (χ4n) is 2.34. The third kappa shape index (κ3) is 8.28. The van der Waals surface area contributed by atoms with Crippen LogP contribution in [0.5, 0.6) is 0 Å². The molecule has 1 saturated heterocycles. The van der Waals surface area contributed by atoms with E-state index in [2.05, 4.69) is 16.9 Å². The summed E-state index contributed by atoms with van der Waals surface area (Å²) in [6.45, 7) is 10.3. The summed E-state index contributed by atoms with van der Waals surface area (Å²) in [6, 6.07) is -1.39. The van der Waals surface area contributed by atoms with Crippen LogP contribution in [0, 0.1) is 0 Å². The van der Waals surface area contributed by atoms with E-state index in [-0.39, 0.29) is 24.0 Å². The third-order valence-corrected chi connectivity index (χ3v) is 4.65. The van der Waals surface area contributed by atoms with Crippen molar-refractivity contribution in [3.63, 3.8) is 0 Å². The third-order valence-electron chi connectivity index (χ3n) is 3.70. The highest BCUT2D eigenvalue weighted by atomic mass is 127. The van der Waals surface area contributed by atoms with E-state index in [9.17, 15) is 13.2 Å². The number of nitrogens with one attached hydrogen (secondary N) is 1. The lowest BCUT2D eigenvalue weighted by Gasteiger charge is -2.39. The van der Waals surface area contributed by atoms with Gasteiger partial charge in [0.1, 0.15) is 6.04 Å². The van der Waals surface area contributed by atoms with Crippen LogP contribution in [0.25, 0.3) is 0 Å². The van der Waals surface area contributed by atoms with Crippen molar-refractivity contribution < 1.29 is 13.2 Å². The Labute approximate surface area is 164 Å². The van der Waals surface area contributed by atoms with Gasteiger partial charge < -0.3 is 10.2 Å². The first kappa shape index (κ1) is 23.8. The van der Waals surface area contributed by atoms with Gasteiger partial charge in [-0.05, 0) is 13.8 Å². The van der Waals surface area contributed by atoms with E-state index in [1.54, 1.807) is 11.8 Å². The van der Waals surface area contributed by atoms with Gasteiger partial charge in [-0.25, -0.2) is 0 Å². The first-order valence-corrected chi connectivity index (χ1v) is 9.08. The van der Waals surface area contributed by atoms with Crippen molar-refractivity contribution in [2.45, 2.75) is 26.1 Å². The molecule has 142 valence electrons. The Morgan fingerprint density at radius 1 is 1.33 bits per heavy atom. The number of piperazine rings is 1. The zero-order valence-electron chi connectivity index (χ0n) is 14.3. The van der Waals surface area contributed by atoms with Crippen LogP contribution in [0.15, 0.2) is 17.6 Å². The Hall–Kier alpha value is -0.160. The number of aliphatic imine (C=N–C) groups is 1. The van der Waals surface area contributed by atoms with Gasteiger partial charge in [0.05, 0.1) is 6.54 Å². The molecule has 1 rings (SSSR count). The van der Waals surface area contributed by atoms with Crippen molar-refractivity contribution in [2.24, 2.45) is 4.99 Å². The zero-order valence-corrected chi connectivity index (χ0v) is 17.5. The molecule has 0 saturated carbocycles. The Morgan fingerprint density at radius 3 is 2.46 bits per heavy atom. The SMILES string of the molecule is C=CCSCCN=C(NCC)N1CCN(C(C)C(F)(F)F)CC1.I. The fraction of sp³-hybridized carbons (Fsp3) is 0.800. The van der Waals surface area contributed by atoms with Crippen molar-refractivity contribution >= 4 is 41.7 Å². The molecule has 0 spiro atoms. The second-order valence-corrected chi connectivity index (χ2v) is 6.49. The molecule has 0 amide bonds. The summed E-state index contributed by atoms with van der Waals surface area (Å²) >= 11 is 1.76. The maximum Gasteiger partial charge on any atom is 0.403 e.